The Labute approximate surface area is 296 Å². The van der Waals surface area contributed by atoms with Crippen molar-refractivity contribution in [1.29, 1.82) is 0 Å². The fourth-order valence-electron chi connectivity index (χ4n) is 3.77. The smallest absolute Gasteiger partial charge is 0.297 e. The molecule has 1 heterocycles. The molecule has 1 aromatic heterocycles. The van der Waals surface area contributed by atoms with Gasteiger partial charge in [-0.15, -0.1) is 14.6 Å². The van der Waals surface area contributed by atoms with E-state index < -0.39 is 106 Å². The van der Waals surface area contributed by atoms with Gasteiger partial charge in [0.05, 0.1) is 30.1 Å². The molecule has 50 heavy (non-hydrogen) atoms. The number of fused-ring (bicyclic) bond motifs is 1. The summed E-state index contributed by atoms with van der Waals surface area (Å²) in [6.45, 7) is -0.349. The third-order valence-electron chi connectivity index (χ3n) is 5.63. The summed E-state index contributed by atoms with van der Waals surface area (Å²) < 4.78 is 124. The Hall–Kier alpha value is -3.26. The van der Waals surface area contributed by atoms with Crippen LogP contribution in [0.15, 0.2) is 66.2 Å². The molecule has 1 unspecified atom stereocenters. The number of nitrogens with zero attached hydrogens (tertiary/aromatic N) is 5. The van der Waals surface area contributed by atoms with Gasteiger partial charge in [0.25, 0.3) is 30.4 Å². The Morgan fingerprint density at radius 1 is 0.860 bits per heavy atom. The molecule has 0 saturated heterocycles. The van der Waals surface area contributed by atoms with Crippen LogP contribution in [0.3, 0.4) is 0 Å². The Morgan fingerprint density at radius 3 is 2.12 bits per heavy atom. The van der Waals surface area contributed by atoms with Crippen molar-refractivity contribution in [2.45, 2.75) is 19.6 Å². The lowest BCUT2D eigenvalue weighted by atomic mass is 10.1. The SMILES string of the molecule is O=S(CCOOSc1ccc(N=Nc2c(S(=O)(=O)O)cc3c(S(=O)(=O)O)c(Nc4nc(Cl)nc(Cl)n4)ccc3c2O)c(S(=O)(=O)O)c1)OOO. The molecule has 29 heteroatoms. The highest BCUT2D eigenvalue weighted by atomic mass is 35.5. The van der Waals surface area contributed by atoms with Crippen LogP contribution >= 0.6 is 35.2 Å². The molecule has 0 amide bonds. The van der Waals surface area contributed by atoms with Crippen LogP contribution in [0, 0.1) is 0 Å². The largest absolute Gasteiger partial charge is 0.505 e. The van der Waals surface area contributed by atoms with Crippen LogP contribution in [0.4, 0.5) is 23.0 Å². The first-order valence-corrected chi connectivity index (χ1v) is 19.3. The fourth-order valence-corrected chi connectivity index (χ4v) is 7.18. The van der Waals surface area contributed by atoms with Crippen molar-refractivity contribution >= 4 is 110 Å². The summed E-state index contributed by atoms with van der Waals surface area (Å²) in [5.41, 5.74) is -2.15. The third-order valence-corrected chi connectivity index (χ3v) is 10.00. The lowest BCUT2D eigenvalue weighted by molar-refractivity contribution is -0.435. The molecule has 0 saturated carbocycles. The van der Waals surface area contributed by atoms with Gasteiger partial charge in [-0.3, -0.25) is 13.7 Å². The van der Waals surface area contributed by atoms with E-state index in [2.05, 4.69) is 39.9 Å². The topological polar surface area (TPSA) is 333 Å². The number of halogens is 2. The van der Waals surface area contributed by atoms with E-state index in [4.69, 9.17) is 37.7 Å². The number of aromatic hydroxyl groups is 1. The number of anilines is 2. The summed E-state index contributed by atoms with van der Waals surface area (Å²) in [5, 5.41) is 29.9. The second-order valence-corrected chi connectivity index (χ2v) is 15.6. The van der Waals surface area contributed by atoms with Crippen LogP contribution in [0.25, 0.3) is 10.8 Å². The first kappa shape index (κ1) is 39.5. The number of hydrogen-bond acceptors (Lipinski definition) is 20. The summed E-state index contributed by atoms with van der Waals surface area (Å²) in [7, 11) is -15.7. The fraction of sp³-hybridized carbons (Fsp3) is 0.0952. The third kappa shape index (κ3) is 9.95. The molecule has 0 radical (unpaired) electrons. The summed E-state index contributed by atoms with van der Waals surface area (Å²) in [5.74, 6) is -1.85. The molecule has 0 aliphatic heterocycles. The van der Waals surface area contributed by atoms with Crippen LogP contribution in [0.1, 0.15) is 0 Å². The summed E-state index contributed by atoms with van der Waals surface area (Å²) in [4.78, 5) is 12.4. The Morgan fingerprint density at radius 2 is 1.52 bits per heavy atom. The molecular weight excluding hydrogens is 823 g/mol. The first-order valence-electron chi connectivity index (χ1n) is 12.3. The monoisotopic (exact) mass is 838 g/mol. The number of benzene rings is 3. The van der Waals surface area contributed by atoms with E-state index in [1.807, 2.05) is 0 Å². The van der Waals surface area contributed by atoms with Crippen LogP contribution in [-0.2, 0) is 60.0 Å². The number of phenols is 1. The summed E-state index contributed by atoms with van der Waals surface area (Å²) in [6.07, 6.45) is 0. The minimum absolute atomic E-state index is 0.0244. The second kappa shape index (κ2) is 16.0. The van der Waals surface area contributed by atoms with E-state index in [0.717, 1.165) is 24.3 Å². The van der Waals surface area contributed by atoms with Crippen molar-refractivity contribution < 1.29 is 72.1 Å². The van der Waals surface area contributed by atoms with Crippen molar-refractivity contribution in [3.8, 4) is 5.75 Å². The Bertz CT molecular complexity index is 2330. The Kier molecular flexibility index (Phi) is 12.6. The van der Waals surface area contributed by atoms with Gasteiger partial charge >= 0.3 is 0 Å². The minimum Gasteiger partial charge on any atom is -0.505 e. The van der Waals surface area contributed by atoms with Crippen LogP contribution in [0.2, 0.25) is 10.6 Å². The maximum Gasteiger partial charge on any atom is 0.297 e. The molecule has 1 atom stereocenters. The van der Waals surface area contributed by atoms with Crippen molar-refractivity contribution in [2.24, 2.45) is 10.2 Å². The number of azo groups is 1. The lowest BCUT2D eigenvalue weighted by Crippen LogP contribution is -2.08. The summed E-state index contributed by atoms with van der Waals surface area (Å²) >= 11 is 9.79. The molecule has 0 aliphatic rings. The standard InChI is InChI=1S/C21H16Cl2N6O16S5/c22-19-25-20(23)27-21(26-19)24-13-4-2-10-11(18(13)50(39,40)41)8-15(49(36,37)38)16(17(10)30)29-28-12-3-1-9(7-14(12)48(33,34)35)46-44-42-5-6-47(32)45-43-31/h1-4,7-8,30-31H,5-6H2,(H,33,34,35)(H,36,37,38)(H,39,40,41)(H,24,25,26,27). The highest BCUT2D eigenvalue weighted by Crippen LogP contribution is 2.45. The van der Waals surface area contributed by atoms with Crippen LogP contribution in [0.5, 0.6) is 5.75 Å². The van der Waals surface area contributed by atoms with Gasteiger partial charge in [-0.25, -0.2) is 14.4 Å². The van der Waals surface area contributed by atoms with Gasteiger partial charge in [-0.05, 0) is 59.6 Å². The number of aromatic nitrogens is 3. The van der Waals surface area contributed by atoms with Gasteiger partial charge in [0, 0.05) is 15.7 Å². The molecule has 270 valence electrons. The molecule has 0 bridgehead atoms. The lowest BCUT2D eigenvalue weighted by Gasteiger charge is -2.15. The normalized spacial score (nSPS) is 13.2. The van der Waals surface area contributed by atoms with Gasteiger partial charge in [-0.1, -0.05) is 5.04 Å². The molecule has 0 spiro atoms. The van der Waals surface area contributed by atoms with Crippen LogP contribution < -0.4 is 5.32 Å². The van der Waals surface area contributed by atoms with Gasteiger partial charge in [-0.2, -0.15) is 44.5 Å². The Balaban J connectivity index is 1.78. The number of nitrogens with one attached hydrogen (secondary N) is 1. The number of phenolic OH excluding ortho intramolecular Hbond substituents is 1. The molecule has 4 aromatic rings. The first-order chi connectivity index (χ1) is 23.3. The second-order valence-electron chi connectivity index (χ2n) is 8.81. The van der Waals surface area contributed by atoms with Gasteiger partial charge in [0.2, 0.25) is 16.5 Å². The van der Waals surface area contributed by atoms with E-state index in [-0.39, 0.29) is 17.3 Å². The molecule has 3 aromatic carbocycles. The molecule has 0 fully saturated rings. The van der Waals surface area contributed by atoms with Crippen molar-refractivity contribution in [3.05, 3.63) is 47.0 Å². The average Bonchev–Trinajstić information content (AvgIpc) is 2.98. The zero-order valence-corrected chi connectivity index (χ0v) is 29.2. The zero-order valence-electron chi connectivity index (χ0n) is 23.6. The summed E-state index contributed by atoms with van der Waals surface area (Å²) in [6, 6.07) is 5.48. The van der Waals surface area contributed by atoms with Crippen LogP contribution in [-0.4, -0.2) is 80.8 Å². The molecular formula is C21H16Cl2N6O16S5. The highest BCUT2D eigenvalue weighted by molar-refractivity contribution is 7.94. The van der Waals surface area contributed by atoms with Gasteiger partial charge < -0.3 is 10.4 Å². The number of rotatable bonds is 15. The van der Waals surface area contributed by atoms with Gasteiger partial charge in [0.15, 0.2) is 16.8 Å². The zero-order chi connectivity index (χ0) is 37.0. The van der Waals surface area contributed by atoms with Crippen molar-refractivity contribution in [3.63, 3.8) is 0 Å². The average molecular weight is 840 g/mol. The quantitative estimate of drug-likeness (QED) is 0.0246. The van der Waals surface area contributed by atoms with E-state index in [0.29, 0.717) is 18.1 Å². The predicted molar refractivity (Wildman–Crippen MR) is 170 cm³/mol. The minimum atomic E-state index is -5.39. The molecule has 4 rings (SSSR count). The highest BCUT2D eigenvalue weighted by Gasteiger charge is 2.28. The number of hydrogen-bond donors (Lipinski definition) is 6. The predicted octanol–water partition coefficient (Wildman–Crippen LogP) is 3.98. The maximum absolute atomic E-state index is 12.5. The van der Waals surface area contributed by atoms with E-state index >= 15 is 0 Å². The molecule has 22 nitrogen and oxygen atoms in total. The van der Waals surface area contributed by atoms with E-state index in [9.17, 15) is 48.2 Å². The molecule has 0 aliphatic carbocycles. The van der Waals surface area contributed by atoms with Gasteiger partial charge in [0.1, 0.15) is 26.1 Å². The molecule has 6 N–H and O–H groups in total. The van der Waals surface area contributed by atoms with Crippen molar-refractivity contribution in [1.82, 2.24) is 15.0 Å². The van der Waals surface area contributed by atoms with E-state index in [1.54, 1.807) is 0 Å². The van der Waals surface area contributed by atoms with Crippen molar-refractivity contribution in [2.75, 3.05) is 17.7 Å². The van der Waals surface area contributed by atoms with E-state index in [1.165, 1.54) is 6.07 Å². The maximum atomic E-state index is 12.5.